The van der Waals surface area contributed by atoms with Crippen LogP contribution >= 0.6 is 11.6 Å². The van der Waals surface area contributed by atoms with Gasteiger partial charge in [0.15, 0.2) is 0 Å². The number of ether oxygens (including phenoxy) is 1. The van der Waals surface area contributed by atoms with Crippen molar-refractivity contribution in [3.05, 3.63) is 65.8 Å². The third kappa shape index (κ3) is 3.65. The van der Waals surface area contributed by atoms with Gasteiger partial charge in [-0.25, -0.2) is 8.42 Å². The van der Waals surface area contributed by atoms with Crippen molar-refractivity contribution in [1.82, 2.24) is 9.29 Å². The molecular weight excluding hydrogens is 384 g/mol. The first-order valence-electron chi connectivity index (χ1n) is 8.81. The Morgan fingerprint density at radius 2 is 1.74 bits per heavy atom. The van der Waals surface area contributed by atoms with E-state index in [0.717, 1.165) is 16.7 Å². The monoisotopic (exact) mass is 402 g/mol. The van der Waals surface area contributed by atoms with E-state index in [1.54, 1.807) is 30.5 Å². The van der Waals surface area contributed by atoms with Crippen LogP contribution in [-0.2, 0) is 10.0 Å². The van der Waals surface area contributed by atoms with Crippen LogP contribution in [0.4, 0.5) is 0 Å². The number of hydrogen-bond acceptors (Lipinski definition) is 4. The van der Waals surface area contributed by atoms with Crippen molar-refractivity contribution in [1.29, 1.82) is 0 Å². The highest BCUT2D eigenvalue weighted by Crippen LogP contribution is 2.29. The van der Waals surface area contributed by atoms with Gasteiger partial charge >= 0.3 is 0 Å². The Kier molecular flexibility index (Phi) is 5.04. The number of rotatable bonds is 4. The molecule has 0 bridgehead atoms. The second-order valence-electron chi connectivity index (χ2n) is 6.48. The van der Waals surface area contributed by atoms with Crippen molar-refractivity contribution in [2.75, 3.05) is 13.1 Å². The molecule has 27 heavy (non-hydrogen) atoms. The topological polar surface area (TPSA) is 59.5 Å². The Bertz CT molecular complexity index is 1060. The SMILES string of the molecule is O=S(=O)(c1ccccc1Cl)N1CCC(Oc2cccc3cccnc23)CC1. The molecule has 5 nitrogen and oxygen atoms in total. The van der Waals surface area contributed by atoms with E-state index in [9.17, 15) is 8.42 Å². The van der Waals surface area contributed by atoms with E-state index in [1.807, 2.05) is 30.3 Å². The highest BCUT2D eigenvalue weighted by Gasteiger charge is 2.31. The summed E-state index contributed by atoms with van der Waals surface area (Å²) >= 11 is 6.08. The maximum absolute atomic E-state index is 12.8. The number of hydrogen-bond donors (Lipinski definition) is 0. The summed E-state index contributed by atoms with van der Waals surface area (Å²) in [6, 6.07) is 16.3. The maximum atomic E-state index is 12.8. The minimum Gasteiger partial charge on any atom is -0.488 e. The first-order valence-corrected chi connectivity index (χ1v) is 10.6. The van der Waals surface area contributed by atoms with Gasteiger partial charge in [0, 0.05) is 24.7 Å². The van der Waals surface area contributed by atoms with Gasteiger partial charge in [0.1, 0.15) is 22.3 Å². The van der Waals surface area contributed by atoms with Gasteiger partial charge in [0.2, 0.25) is 10.0 Å². The molecule has 140 valence electrons. The summed E-state index contributed by atoms with van der Waals surface area (Å²) in [5, 5.41) is 1.27. The number of para-hydroxylation sites is 1. The highest BCUT2D eigenvalue weighted by atomic mass is 35.5. The molecule has 1 aliphatic heterocycles. The fourth-order valence-corrected chi connectivity index (χ4v) is 5.30. The quantitative estimate of drug-likeness (QED) is 0.658. The van der Waals surface area contributed by atoms with E-state index in [0.29, 0.717) is 25.9 Å². The summed E-state index contributed by atoms with van der Waals surface area (Å²) in [6.07, 6.45) is 2.93. The minimum absolute atomic E-state index is 0.0460. The predicted molar refractivity (Wildman–Crippen MR) is 106 cm³/mol. The van der Waals surface area contributed by atoms with Gasteiger partial charge in [0.25, 0.3) is 0 Å². The number of nitrogens with zero attached hydrogens (tertiary/aromatic N) is 2. The fraction of sp³-hybridized carbons (Fsp3) is 0.250. The summed E-state index contributed by atoms with van der Waals surface area (Å²) in [4.78, 5) is 4.56. The fourth-order valence-electron chi connectivity index (χ4n) is 3.33. The summed E-state index contributed by atoms with van der Waals surface area (Å²) < 4.78 is 33.3. The van der Waals surface area contributed by atoms with Crippen LogP contribution in [0.2, 0.25) is 5.02 Å². The van der Waals surface area contributed by atoms with E-state index in [2.05, 4.69) is 4.98 Å². The minimum atomic E-state index is -3.59. The molecule has 2 heterocycles. The van der Waals surface area contributed by atoms with Gasteiger partial charge < -0.3 is 4.74 Å². The van der Waals surface area contributed by atoms with Crippen molar-refractivity contribution in [3.8, 4) is 5.75 Å². The Balaban J connectivity index is 1.47. The third-order valence-electron chi connectivity index (χ3n) is 4.74. The zero-order chi connectivity index (χ0) is 18.9. The maximum Gasteiger partial charge on any atom is 0.244 e. The molecule has 1 fully saturated rings. The molecule has 1 saturated heterocycles. The molecule has 3 aromatic rings. The van der Waals surface area contributed by atoms with E-state index in [4.69, 9.17) is 16.3 Å². The lowest BCUT2D eigenvalue weighted by Crippen LogP contribution is -2.41. The van der Waals surface area contributed by atoms with Gasteiger partial charge in [-0.3, -0.25) is 4.98 Å². The van der Waals surface area contributed by atoms with Gasteiger partial charge in [0.05, 0.1) is 5.02 Å². The zero-order valence-corrected chi connectivity index (χ0v) is 16.2. The number of sulfonamides is 1. The molecular formula is C20H19ClN2O3S. The van der Waals surface area contributed by atoms with Gasteiger partial charge in [-0.15, -0.1) is 0 Å². The average molecular weight is 403 g/mol. The van der Waals surface area contributed by atoms with Crippen molar-refractivity contribution < 1.29 is 13.2 Å². The second kappa shape index (κ2) is 7.46. The van der Waals surface area contributed by atoms with Crippen molar-refractivity contribution >= 4 is 32.5 Å². The van der Waals surface area contributed by atoms with Crippen molar-refractivity contribution in [2.24, 2.45) is 0 Å². The third-order valence-corrected chi connectivity index (χ3v) is 7.14. The van der Waals surface area contributed by atoms with E-state index < -0.39 is 10.0 Å². The molecule has 1 aliphatic rings. The predicted octanol–water partition coefficient (Wildman–Crippen LogP) is 4.12. The largest absolute Gasteiger partial charge is 0.488 e. The summed E-state index contributed by atoms with van der Waals surface area (Å²) in [5.41, 5.74) is 0.825. The van der Waals surface area contributed by atoms with Crippen molar-refractivity contribution in [3.63, 3.8) is 0 Å². The number of fused-ring (bicyclic) bond motifs is 1. The molecule has 0 saturated carbocycles. The second-order valence-corrected chi connectivity index (χ2v) is 8.80. The molecule has 1 aromatic heterocycles. The van der Waals surface area contributed by atoms with Crippen LogP contribution < -0.4 is 4.74 Å². The number of piperidine rings is 1. The average Bonchev–Trinajstić information content (AvgIpc) is 2.69. The molecule has 7 heteroatoms. The summed E-state index contributed by atoms with van der Waals surface area (Å²) in [5.74, 6) is 0.737. The lowest BCUT2D eigenvalue weighted by molar-refractivity contribution is 0.136. The van der Waals surface area contributed by atoms with Crippen LogP contribution in [0.25, 0.3) is 10.9 Å². The van der Waals surface area contributed by atoms with Crippen LogP contribution in [0.5, 0.6) is 5.75 Å². The van der Waals surface area contributed by atoms with Gasteiger partial charge in [-0.1, -0.05) is 41.9 Å². The van der Waals surface area contributed by atoms with Crippen LogP contribution in [-0.4, -0.2) is 36.9 Å². The lowest BCUT2D eigenvalue weighted by atomic mass is 10.1. The number of pyridine rings is 1. The molecule has 0 radical (unpaired) electrons. The number of halogens is 1. The summed E-state index contributed by atoms with van der Waals surface area (Å²) in [6.45, 7) is 0.798. The van der Waals surface area contributed by atoms with Crippen LogP contribution in [0.3, 0.4) is 0 Å². The zero-order valence-electron chi connectivity index (χ0n) is 14.6. The molecule has 0 unspecified atom stereocenters. The standard InChI is InChI=1S/C20H19ClN2O3S/c21-17-7-1-2-9-19(17)27(24,25)23-13-10-16(11-14-23)26-18-8-3-5-15-6-4-12-22-20(15)18/h1-9,12,16H,10-11,13-14H2. The van der Waals surface area contributed by atoms with E-state index in [1.165, 1.54) is 4.31 Å². The molecule has 0 atom stereocenters. The van der Waals surface area contributed by atoms with Crippen LogP contribution in [0.1, 0.15) is 12.8 Å². The Morgan fingerprint density at radius 1 is 1.00 bits per heavy atom. The number of aromatic nitrogens is 1. The molecule has 4 rings (SSSR count). The van der Waals surface area contributed by atoms with Crippen molar-refractivity contribution in [2.45, 2.75) is 23.8 Å². The van der Waals surface area contributed by atoms with E-state index in [-0.39, 0.29) is 16.0 Å². The number of benzene rings is 2. The molecule has 2 aromatic carbocycles. The first-order chi connectivity index (χ1) is 13.1. The van der Waals surface area contributed by atoms with Gasteiger partial charge in [-0.2, -0.15) is 4.31 Å². The first kappa shape index (κ1) is 18.2. The molecule has 0 aliphatic carbocycles. The summed E-state index contributed by atoms with van der Waals surface area (Å²) in [7, 11) is -3.59. The molecule has 0 N–H and O–H groups in total. The van der Waals surface area contributed by atoms with Gasteiger partial charge in [-0.05, 0) is 37.1 Å². The van der Waals surface area contributed by atoms with Crippen LogP contribution in [0, 0.1) is 0 Å². The molecule has 0 amide bonds. The molecule has 0 spiro atoms. The Labute approximate surface area is 163 Å². The Morgan fingerprint density at radius 3 is 2.52 bits per heavy atom. The smallest absolute Gasteiger partial charge is 0.244 e. The lowest BCUT2D eigenvalue weighted by Gasteiger charge is -2.31. The Hall–Kier alpha value is -2.15. The van der Waals surface area contributed by atoms with E-state index >= 15 is 0 Å². The van der Waals surface area contributed by atoms with Crippen LogP contribution in [0.15, 0.2) is 65.7 Å². The normalized spacial score (nSPS) is 16.5. The highest BCUT2D eigenvalue weighted by molar-refractivity contribution is 7.89.